The van der Waals surface area contributed by atoms with Crippen molar-refractivity contribution in [3.8, 4) is 0 Å². The molecule has 0 radical (unpaired) electrons. The lowest BCUT2D eigenvalue weighted by Gasteiger charge is -2.16. The first-order valence-electron chi connectivity index (χ1n) is 9.46. The number of likely N-dealkylation sites (tertiary alicyclic amines) is 1. The number of aryl methyl sites for hydroxylation is 2. The van der Waals surface area contributed by atoms with Crippen molar-refractivity contribution >= 4 is 34.1 Å². The van der Waals surface area contributed by atoms with E-state index in [4.69, 9.17) is 0 Å². The Bertz CT molecular complexity index is 952. The predicted molar refractivity (Wildman–Crippen MR) is 107 cm³/mol. The van der Waals surface area contributed by atoms with Crippen molar-refractivity contribution in [2.45, 2.75) is 26.2 Å². The lowest BCUT2D eigenvalue weighted by molar-refractivity contribution is -0.142. The van der Waals surface area contributed by atoms with Gasteiger partial charge in [0.05, 0.1) is 11.5 Å². The largest absolute Gasteiger partial charge is 0.481 e. The van der Waals surface area contributed by atoms with Crippen molar-refractivity contribution in [3.05, 3.63) is 51.9 Å². The second kappa shape index (κ2) is 7.39. The molecule has 28 heavy (non-hydrogen) atoms. The summed E-state index contributed by atoms with van der Waals surface area (Å²) in [5.74, 6) is -1.99. The molecule has 7 heteroatoms. The van der Waals surface area contributed by atoms with Gasteiger partial charge in [-0.05, 0) is 59.9 Å². The molecule has 2 aromatic rings. The highest BCUT2D eigenvalue weighted by Crippen LogP contribution is 2.30. The van der Waals surface area contributed by atoms with Gasteiger partial charge in [-0.2, -0.15) is 0 Å². The first-order valence-corrected chi connectivity index (χ1v) is 10.3. The number of nitrogens with one attached hydrogen (secondary N) is 1. The van der Waals surface area contributed by atoms with Crippen molar-refractivity contribution < 1.29 is 19.5 Å². The molecule has 0 saturated carbocycles. The fraction of sp³-hybridized carbons (Fsp3) is 0.381. The van der Waals surface area contributed by atoms with Crippen LogP contribution in [0.4, 0.5) is 5.00 Å². The van der Waals surface area contributed by atoms with Crippen LogP contribution in [-0.4, -0.2) is 40.9 Å². The lowest BCUT2D eigenvalue weighted by atomic mass is 9.99. The van der Waals surface area contributed by atoms with Gasteiger partial charge in [0.2, 0.25) is 0 Å². The Labute approximate surface area is 167 Å². The smallest absolute Gasteiger partial charge is 0.308 e. The number of hydrogen-bond acceptors (Lipinski definition) is 4. The molecule has 0 unspecified atom stereocenters. The molecule has 146 valence electrons. The summed E-state index contributed by atoms with van der Waals surface area (Å²) < 4.78 is 0. The highest BCUT2D eigenvalue weighted by atomic mass is 32.1. The van der Waals surface area contributed by atoms with Gasteiger partial charge in [0.25, 0.3) is 11.8 Å². The molecule has 0 spiro atoms. The Morgan fingerprint density at radius 2 is 1.93 bits per heavy atom. The highest BCUT2D eigenvalue weighted by molar-refractivity contribution is 7.14. The highest BCUT2D eigenvalue weighted by Gasteiger charge is 2.38. The molecule has 1 aliphatic carbocycles. The van der Waals surface area contributed by atoms with E-state index in [1.54, 1.807) is 16.3 Å². The summed E-state index contributed by atoms with van der Waals surface area (Å²) in [6.45, 7) is 2.45. The van der Waals surface area contributed by atoms with Crippen molar-refractivity contribution in [2.75, 3.05) is 18.4 Å². The summed E-state index contributed by atoms with van der Waals surface area (Å²) in [5.41, 5.74) is 3.53. The minimum absolute atomic E-state index is 0.0930. The van der Waals surface area contributed by atoms with Crippen LogP contribution >= 0.6 is 11.3 Å². The van der Waals surface area contributed by atoms with Crippen molar-refractivity contribution in [1.82, 2.24) is 4.90 Å². The molecule has 1 aromatic heterocycles. The summed E-state index contributed by atoms with van der Waals surface area (Å²) >= 11 is 1.30. The van der Waals surface area contributed by atoms with Crippen molar-refractivity contribution in [1.29, 1.82) is 0 Å². The van der Waals surface area contributed by atoms with Crippen LogP contribution in [0, 0.1) is 11.8 Å². The Morgan fingerprint density at radius 3 is 2.68 bits per heavy atom. The maximum Gasteiger partial charge on any atom is 0.308 e. The van der Waals surface area contributed by atoms with E-state index in [0.717, 1.165) is 19.3 Å². The standard InChI is InChI=1S/C21H22N2O4S/c1-12-10-23(11-17(12)21(26)27)20(25)16-7-8-28-19(16)22-18(24)15-6-5-13-3-2-4-14(13)9-15/h5-9,12,17H,2-4,10-11H2,1H3,(H,22,24)(H,26,27)/t12-,17-/m1/s1. The Kier molecular flexibility index (Phi) is 4.93. The minimum Gasteiger partial charge on any atom is -0.481 e. The van der Waals surface area contributed by atoms with Gasteiger partial charge >= 0.3 is 5.97 Å². The number of anilines is 1. The third-order valence-electron chi connectivity index (χ3n) is 5.70. The van der Waals surface area contributed by atoms with E-state index in [0.29, 0.717) is 22.7 Å². The van der Waals surface area contributed by atoms with E-state index in [-0.39, 0.29) is 24.3 Å². The average molecular weight is 398 g/mol. The number of aliphatic carboxylic acids is 1. The number of amides is 2. The van der Waals surface area contributed by atoms with E-state index in [2.05, 4.69) is 5.32 Å². The first kappa shape index (κ1) is 18.7. The van der Waals surface area contributed by atoms with E-state index in [1.807, 2.05) is 25.1 Å². The number of carboxylic acid groups (broad SMARTS) is 1. The molecule has 1 saturated heterocycles. The zero-order chi connectivity index (χ0) is 19.8. The van der Waals surface area contributed by atoms with Gasteiger partial charge in [-0.25, -0.2) is 0 Å². The molecule has 1 fully saturated rings. The number of nitrogens with zero attached hydrogens (tertiary/aromatic N) is 1. The summed E-state index contributed by atoms with van der Waals surface area (Å²) in [7, 11) is 0. The molecule has 4 rings (SSSR count). The van der Waals surface area contributed by atoms with Crippen LogP contribution < -0.4 is 5.32 Å². The Morgan fingerprint density at radius 1 is 1.14 bits per heavy atom. The molecule has 2 N–H and O–H groups in total. The van der Waals surface area contributed by atoms with Crippen LogP contribution in [0.15, 0.2) is 29.6 Å². The maximum absolute atomic E-state index is 12.9. The molecule has 2 aliphatic rings. The van der Waals surface area contributed by atoms with Crippen LogP contribution in [0.25, 0.3) is 0 Å². The quantitative estimate of drug-likeness (QED) is 0.827. The van der Waals surface area contributed by atoms with Gasteiger partial charge in [-0.3, -0.25) is 14.4 Å². The van der Waals surface area contributed by atoms with Crippen molar-refractivity contribution in [2.24, 2.45) is 11.8 Å². The van der Waals surface area contributed by atoms with Crippen molar-refractivity contribution in [3.63, 3.8) is 0 Å². The third-order valence-corrected chi connectivity index (χ3v) is 6.53. The van der Waals surface area contributed by atoms with Crippen LogP contribution in [0.2, 0.25) is 0 Å². The van der Waals surface area contributed by atoms with Gasteiger partial charge in [0.15, 0.2) is 0 Å². The van der Waals surface area contributed by atoms with Gasteiger partial charge in [0.1, 0.15) is 5.00 Å². The summed E-state index contributed by atoms with van der Waals surface area (Å²) in [6, 6.07) is 7.46. The van der Waals surface area contributed by atoms with Gasteiger partial charge in [-0.1, -0.05) is 13.0 Å². The summed E-state index contributed by atoms with van der Waals surface area (Å²) in [4.78, 5) is 38.5. The number of benzene rings is 1. The molecule has 2 heterocycles. The molecule has 1 aliphatic heterocycles. The number of carboxylic acids is 1. The number of carbonyl (C=O) groups excluding carboxylic acids is 2. The van der Waals surface area contributed by atoms with E-state index in [9.17, 15) is 19.5 Å². The fourth-order valence-corrected chi connectivity index (χ4v) is 4.86. The van der Waals surface area contributed by atoms with Crippen LogP contribution in [0.5, 0.6) is 0 Å². The number of rotatable bonds is 4. The van der Waals surface area contributed by atoms with Crippen LogP contribution in [-0.2, 0) is 17.6 Å². The number of hydrogen-bond donors (Lipinski definition) is 2. The second-order valence-corrected chi connectivity index (χ2v) is 8.50. The monoisotopic (exact) mass is 398 g/mol. The number of thiophene rings is 1. The SMILES string of the molecule is C[C@@H]1CN(C(=O)c2ccsc2NC(=O)c2ccc3c(c2)CCC3)C[C@H]1C(=O)O. The predicted octanol–water partition coefficient (Wildman–Crippen LogP) is 3.28. The number of carbonyl (C=O) groups is 3. The molecule has 2 atom stereocenters. The molecular formula is C21H22N2O4S. The molecular weight excluding hydrogens is 376 g/mol. The Balaban J connectivity index is 1.49. The average Bonchev–Trinajstić information content (AvgIpc) is 3.39. The molecule has 0 bridgehead atoms. The van der Waals surface area contributed by atoms with E-state index in [1.165, 1.54) is 22.5 Å². The topological polar surface area (TPSA) is 86.7 Å². The fourth-order valence-electron chi connectivity index (χ4n) is 4.09. The zero-order valence-corrected chi connectivity index (χ0v) is 16.4. The Hall–Kier alpha value is -2.67. The number of fused-ring (bicyclic) bond motifs is 1. The van der Waals surface area contributed by atoms with Gasteiger partial charge in [0, 0.05) is 18.7 Å². The molecule has 2 amide bonds. The van der Waals surface area contributed by atoms with E-state index >= 15 is 0 Å². The minimum atomic E-state index is -0.877. The second-order valence-electron chi connectivity index (χ2n) is 7.59. The third kappa shape index (κ3) is 3.42. The lowest BCUT2D eigenvalue weighted by Crippen LogP contribution is -2.30. The molecule has 6 nitrogen and oxygen atoms in total. The normalized spacial score (nSPS) is 20.8. The summed E-state index contributed by atoms with van der Waals surface area (Å²) in [5, 5.41) is 14.4. The van der Waals surface area contributed by atoms with Gasteiger partial charge < -0.3 is 15.3 Å². The van der Waals surface area contributed by atoms with Crippen LogP contribution in [0.1, 0.15) is 45.2 Å². The van der Waals surface area contributed by atoms with Gasteiger partial charge in [-0.15, -0.1) is 11.3 Å². The maximum atomic E-state index is 12.9. The molecule has 1 aromatic carbocycles. The van der Waals surface area contributed by atoms with E-state index < -0.39 is 11.9 Å². The summed E-state index contributed by atoms with van der Waals surface area (Å²) in [6.07, 6.45) is 3.18. The zero-order valence-electron chi connectivity index (χ0n) is 15.6. The first-order chi connectivity index (χ1) is 13.4. The van der Waals surface area contributed by atoms with Crippen LogP contribution in [0.3, 0.4) is 0 Å².